The number of alkyl carbamates (subject to hydrolysis) is 3. The predicted octanol–water partition coefficient (Wildman–Crippen LogP) is 1.66. The zero-order valence-electron chi connectivity index (χ0n) is 38.6. The van der Waals surface area contributed by atoms with Crippen LogP contribution in [0.25, 0.3) is 0 Å². The molecule has 1 saturated carbocycles. The van der Waals surface area contributed by atoms with Crippen molar-refractivity contribution < 1.29 is 90.7 Å². The smallest absolute Gasteiger partial charge is 0.444 e. The molecule has 0 bridgehead atoms. The molecule has 14 atom stereocenters. The van der Waals surface area contributed by atoms with Crippen molar-refractivity contribution in [1.82, 2.24) is 26.6 Å². The summed E-state index contributed by atoms with van der Waals surface area (Å²) in [6.07, 6.45) is -22.3. The Morgan fingerprint density at radius 2 is 1.22 bits per heavy atom. The Labute approximate surface area is 376 Å². The molecule has 0 radical (unpaired) electrons. The van der Waals surface area contributed by atoms with Crippen LogP contribution in [0.2, 0.25) is 0 Å². The molecule has 21 nitrogen and oxygen atoms in total. The second-order valence-corrected chi connectivity index (χ2v) is 19.0. The summed E-state index contributed by atoms with van der Waals surface area (Å²) in [5, 5.41) is 57.1. The zero-order chi connectivity index (χ0) is 49.4. The molecular formula is C41H68F3N5O16. The van der Waals surface area contributed by atoms with Crippen LogP contribution in [-0.2, 0) is 42.7 Å². The van der Waals surface area contributed by atoms with Crippen molar-refractivity contribution in [3.8, 4) is 0 Å². The molecule has 3 aliphatic rings. The molecule has 374 valence electrons. The second kappa shape index (κ2) is 22.6. The van der Waals surface area contributed by atoms with Crippen molar-refractivity contribution in [3.05, 3.63) is 12.2 Å². The quantitative estimate of drug-likeness (QED) is 0.0884. The molecule has 2 aliphatic heterocycles. The number of carbonyl (C=O) groups is 5. The number of nitrogens with one attached hydrogen (secondary N) is 5. The Hall–Kier alpha value is -4.04. The average Bonchev–Trinajstić information content (AvgIpc) is 3.14. The van der Waals surface area contributed by atoms with E-state index in [4.69, 9.17) is 33.2 Å². The minimum Gasteiger partial charge on any atom is -0.444 e. The third kappa shape index (κ3) is 17.3. The van der Waals surface area contributed by atoms with Crippen LogP contribution >= 0.6 is 0 Å². The Morgan fingerprint density at radius 3 is 1.74 bits per heavy atom. The van der Waals surface area contributed by atoms with Gasteiger partial charge in [0.25, 0.3) is 0 Å². The fourth-order valence-corrected chi connectivity index (χ4v) is 7.01. The van der Waals surface area contributed by atoms with Gasteiger partial charge in [0.15, 0.2) is 12.6 Å². The lowest BCUT2D eigenvalue weighted by Crippen LogP contribution is -2.70. The Balaban J connectivity index is 2.13. The fourth-order valence-electron chi connectivity index (χ4n) is 7.01. The highest BCUT2D eigenvalue weighted by atomic mass is 19.4. The third-order valence-corrected chi connectivity index (χ3v) is 9.78. The first-order valence-electron chi connectivity index (χ1n) is 21.5. The van der Waals surface area contributed by atoms with Gasteiger partial charge in [0.05, 0.1) is 36.9 Å². The van der Waals surface area contributed by atoms with Crippen molar-refractivity contribution in [1.29, 1.82) is 0 Å². The second-order valence-electron chi connectivity index (χ2n) is 19.0. The number of hydrogen-bond donors (Lipinski definition) is 9. The zero-order valence-corrected chi connectivity index (χ0v) is 38.6. The molecule has 0 spiro atoms. The maximum absolute atomic E-state index is 13.4. The van der Waals surface area contributed by atoms with Crippen LogP contribution in [0.4, 0.5) is 27.6 Å². The lowest BCUT2D eigenvalue weighted by molar-refractivity contribution is -0.312. The van der Waals surface area contributed by atoms with Gasteiger partial charge in [-0.1, -0.05) is 32.4 Å². The molecular weight excluding hydrogens is 875 g/mol. The SMILES string of the molecule is CCC[C@H](O)C(=O)N[C@@H]1C[C@H](NC(=O)OC(C)(C)C)C(O[C@@H]2OC(CNC(=O)OC(C)(C)C)C=CC2NC(=O)OC(C)(C)C)C(O)[C@@H]1O[C@@H]1OC(CC)[C@H](O)[C@H](NC(=O)C(F)(F)F)C1O. The molecule has 1 saturated heterocycles. The van der Waals surface area contributed by atoms with Gasteiger partial charge in [0.2, 0.25) is 5.91 Å². The normalized spacial score (nSPS) is 31.4. The molecule has 24 heteroatoms. The van der Waals surface area contributed by atoms with Gasteiger partial charge in [-0.15, -0.1) is 0 Å². The summed E-state index contributed by atoms with van der Waals surface area (Å²) in [4.78, 5) is 64.4. The van der Waals surface area contributed by atoms with Gasteiger partial charge in [-0.25, -0.2) is 14.4 Å². The van der Waals surface area contributed by atoms with Crippen molar-refractivity contribution in [2.45, 2.75) is 210 Å². The maximum atomic E-state index is 13.4. The van der Waals surface area contributed by atoms with Gasteiger partial charge in [-0.2, -0.15) is 13.2 Å². The highest BCUT2D eigenvalue weighted by Crippen LogP contribution is 2.33. The number of aliphatic hydroxyl groups is 4. The number of rotatable bonds is 14. The van der Waals surface area contributed by atoms with E-state index < -0.39 is 145 Å². The summed E-state index contributed by atoms with van der Waals surface area (Å²) in [6, 6.07) is -5.96. The lowest BCUT2D eigenvalue weighted by Gasteiger charge is -2.49. The molecule has 2 heterocycles. The molecule has 65 heavy (non-hydrogen) atoms. The predicted molar refractivity (Wildman–Crippen MR) is 221 cm³/mol. The summed E-state index contributed by atoms with van der Waals surface area (Å²) in [6.45, 7) is 17.6. The van der Waals surface area contributed by atoms with E-state index in [-0.39, 0.29) is 19.4 Å². The molecule has 6 unspecified atom stereocenters. The first kappa shape index (κ1) is 55.3. The highest BCUT2D eigenvalue weighted by molar-refractivity contribution is 5.82. The van der Waals surface area contributed by atoms with Gasteiger partial charge < -0.3 is 80.2 Å². The number of aliphatic hydroxyl groups excluding tert-OH is 4. The van der Waals surface area contributed by atoms with E-state index in [1.54, 1.807) is 74.6 Å². The maximum Gasteiger partial charge on any atom is 0.471 e. The van der Waals surface area contributed by atoms with Crippen LogP contribution in [0.1, 0.15) is 102 Å². The molecule has 3 rings (SSSR count). The molecule has 9 N–H and O–H groups in total. The monoisotopic (exact) mass is 943 g/mol. The standard InChI is InChI=1S/C41H68F3N5O16/c1-12-14-23(50)31(54)46-21-17-22(48-37(58)65-40(9,10)11)30(28(53)29(21)62-33-27(52)25(26(51)24(13-2)60-33)49-34(55)41(42,43)44)61-32-20(47-36(57)64-39(6,7)8)16-15-19(59-32)18-45-35(56)63-38(3,4)5/h15-16,19-30,32-33,50-53H,12-14,17-18H2,1-11H3,(H,45,56)(H,46,54)(H,47,57)(H,48,58)(H,49,55)/t19?,20?,21-,22+,23+,24?,25+,26+,27?,28?,29-,30?,32+,33+/m1/s1. The third-order valence-electron chi connectivity index (χ3n) is 9.78. The largest absolute Gasteiger partial charge is 0.471 e. The van der Waals surface area contributed by atoms with E-state index >= 15 is 0 Å². The van der Waals surface area contributed by atoms with Gasteiger partial charge >= 0.3 is 30.4 Å². The number of carbonyl (C=O) groups excluding carboxylic acids is 5. The van der Waals surface area contributed by atoms with Crippen LogP contribution in [0.5, 0.6) is 0 Å². The molecule has 2 fully saturated rings. The van der Waals surface area contributed by atoms with Crippen molar-refractivity contribution in [2.75, 3.05) is 6.54 Å². The van der Waals surface area contributed by atoms with E-state index in [9.17, 15) is 57.6 Å². The van der Waals surface area contributed by atoms with E-state index in [0.29, 0.717) is 6.42 Å². The average molecular weight is 944 g/mol. The van der Waals surface area contributed by atoms with E-state index in [1.807, 2.05) is 0 Å². The summed E-state index contributed by atoms with van der Waals surface area (Å²) in [5.41, 5.74) is -2.84. The van der Waals surface area contributed by atoms with E-state index in [0.717, 1.165) is 0 Å². The number of hydrogen-bond acceptors (Lipinski definition) is 16. The van der Waals surface area contributed by atoms with Crippen molar-refractivity contribution in [2.24, 2.45) is 0 Å². The summed E-state index contributed by atoms with van der Waals surface area (Å²) in [5.74, 6) is -3.43. The Bertz CT molecular complexity index is 1650. The van der Waals surface area contributed by atoms with E-state index in [1.165, 1.54) is 19.1 Å². The lowest BCUT2D eigenvalue weighted by atomic mass is 9.83. The highest BCUT2D eigenvalue weighted by Gasteiger charge is 2.54. The first-order chi connectivity index (χ1) is 29.8. The van der Waals surface area contributed by atoms with Crippen LogP contribution in [0, 0.1) is 0 Å². The van der Waals surface area contributed by atoms with Crippen LogP contribution in [0.3, 0.4) is 0 Å². The first-order valence-corrected chi connectivity index (χ1v) is 21.5. The number of ether oxygens (including phenoxy) is 7. The van der Waals surface area contributed by atoms with Crippen molar-refractivity contribution in [3.63, 3.8) is 0 Å². The van der Waals surface area contributed by atoms with Gasteiger partial charge in [-0.3, -0.25) is 9.59 Å². The summed E-state index contributed by atoms with van der Waals surface area (Å²) in [7, 11) is 0. The van der Waals surface area contributed by atoms with Crippen LogP contribution in [0.15, 0.2) is 12.2 Å². The van der Waals surface area contributed by atoms with Crippen LogP contribution in [-0.4, -0.2) is 166 Å². The van der Waals surface area contributed by atoms with Gasteiger partial charge in [0, 0.05) is 0 Å². The number of alkyl halides is 3. The minimum atomic E-state index is -5.41. The Morgan fingerprint density at radius 1 is 0.692 bits per heavy atom. The van der Waals surface area contributed by atoms with E-state index in [2.05, 4.69) is 21.3 Å². The molecule has 1 aliphatic carbocycles. The van der Waals surface area contributed by atoms with Crippen LogP contribution < -0.4 is 26.6 Å². The van der Waals surface area contributed by atoms with Gasteiger partial charge in [-0.05, 0) is 81.6 Å². The molecule has 0 aromatic rings. The van der Waals surface area contributed by atoms with Gasteiger partial charge in [0.1, 0.15) is 59.5 Å². The topological polar surface area (TPSA) is 291 Å². The molecule has 0 aromatic carbocycles. The minimum absolute atomic E-state index is 0.00157. The van der Waals surface area contributed by atoms with Crippen molar-refractivity contribution >= 4 is 30.1 Å². The Kier molecular flexibility index (Phi) is 19.3. The molecule has 5 amide bonds. The number of halogens is 3. The molecule has 0 aromatic heterocycles. The fraction of sp³-hybridized carbons (Fsp3) is 0.829. The number of amides is 5. The summed E-state index contributed by atoms with van der Waals surface area (Å²) >= 11 is 0. The summed E-state index contributed by atoms with van der Waals surface area (Å²) < 4.78 is 80.9.